The van der Waals surface area contributed by atoms with Gasteiger partial charge in [0.05, 0.1) is 5.69 Å². The highest BCUT2D eigenvalue weighted by Gasteiger charge is 2.11. The number of rotatable bonds is 2. The van der Waals surface area contributed by atoms with Gasteiger partial charge in [0.15, 0.2) is 0 Å². The maximum absolute atomic E-state index is 9.93. The van der Waals surface area contributed by atoms with E-state index in [9.17, 15) is 5.11 Å². The lowest BCUT2D eigenvalue weighted by atomic mass is 10.1. The smallest absolute Gasteiger partial charge is 0.123 e. The van der Waals surface area contributed by atoms with Gasteiger partial charge in [-0.1, -0.05) is 30.3 Å². The van der Waals surface area contributed by atoms with Crippen LogP contribution in [-0.2, 0) is 7.05 Å². The molecule has 2 rings (SSSR count). The molecule has 0 aliphatic carbocycles. The molecular weight excluding hydrogens is 176 g/mol. The van der Waals surface area contributed by atoms with Crippen molar-refractivity contribution in [2.45, 2.75) is 6.10 Å². The van der Waals surface area contributed by atoms with Gasteiger partial charge in [-0.25, -0.2) is 0 Å². The van der Waals surface area contributed by atoms with Crippen LogP contribution in [0.3, 0.4) is 0 Å². The Morgan fingerprint density at radius 3 is 2.50 bits per heavy atom. The largest absolute Gasteiger partial charge is 0.382 e. The molecule has 2 aromatic rings. The molecule has 3 nitrogen and oxygen atoms in total. The summed E-state index contributed by atoms with van der Waals surface area (Å²) in [5.74, 6) is 0. The van der Waals surface area contributed by atoms with E-state index < -0.39 is 6.10 Å². The Labute approximate surface area is 82.6 Å². The maximum Gasteiger partial charge on any atom is 0.123 e. The molecule has 1 atom stereocenters. The molecular formula is C11H12N2O. The number of nitrogens with zero attached hydrogens (tertiary/aromatic N) is 2. The van der Waals surface area contributed by atoms with Gasteiger partial charge in [0.25, 0.3) is 0 Å². The molecule has 1 aromatic heterocycles. The van der Waals surface area contributed by atoms with Crippen molar-refractivity contribution in [1.29, 1.82) is 0 Å². The molecule has 1 heterocycles. The van der Waals surface area contributed by atoms with Crippen LogP contribution in [0.4, 0.5) is 0 Å². The van der Waals surface area contributed by atoms with E-state index in [0.29, 0.717) is 5.69 Å². The van der Waals surface area contributed by atoms with Crippen molar-refractivity contribution < 1.29 is 5.11 Å². The molecule has 0 saturated heterocycles. The van der Waals surface area contributed by atoms with E-state index in [2.05, 4.69) is 5.10 Å². The Bertz CT molecular complexity index is 408. The van der Waals surface area contributed by atoms with Gasteiger partial charge in [-0.15, -0.1) is 0 Å². The summed E-state index contributed by atoms with van der Waals surface area (Å²) in [6.45, 7) is 0. The second-order valence-corrected chi connectivity index (χ2v) is 3.23. The maximum atomic E-state index is 9.93. The average molecular weight is 188 g/mol. The third kappa shape index (κ3) is 1.67. The van der Waals surface area contributed by atoms with Crippen LogP contribution in [0.2, 0.25) is 0 Å². The molecule has 3 heteroatoms. The van der Waals surface area contributed by atoms with Gasteiger partial charge >= 0.3 is 0 Å². The van der Waals surface area contributed by atoms with Crippen molar-refractivity contribution >= 4 is 0 Å². The van der Waals surface area contributed by atoms with Gasteiger partial charge in [-0.3, -0.25) is 4.68 Å². The van der Waals surface area contributed by atoms with E-state index >= 15 is 0 Å². The van der Waals surface area contributed by atoms with Crippen molar-refractivity contribution in [3.63, 3.8) is 0 Å². The zero-order chi connectivity index (χ0) is 9.97. The van der Waals surface area contributed by atoms with Crippen LogP contribution in [0.1, 0.15) is 17.4 Å². The third-order valence-electron chi connectivity index (χ3n) is 2.13. The average Bonchev–Trinajstić information content (AvgIpc) is 2.65. The fourth-order valence-corrected chi connectivity index (χ4v) is 1.38. The fraction of sp³-hybridized carbons (Fsp3) is 0.182. The van der Waals surface area contributed by atoms with Crippen molar-refractivity contribution in [2.75, 3.05) is 0 Å². The van der Waals surface area contributed by atoms with Gasteiger partial charge in [0, 0.05) is 13.2 Å². The zero-order valence-corrected chi connectivity index (χ0v) is 7.96. The summed E-state index contributed by atoms with van der Waals surface area (Å²) >= 11 is 0. The second-order valence-electron chi connectivity index (χ2n) is 3.23. The Morgan fingerprint density at radius 1 is 1.21 bits per heavy atom. The number of benzene rings is 1. The highest BCUT2D eigenvalue weighted by Crippen LogP contribution is 2.19. The highest BCUT2D eigenvalue weighted by atomic mass is 16.3. The molecule has 0 radical (unpaired) electrons. The highest BCUT2D eigenvalue weighted by molar-refractivity contribution is 5.24. The van der Waals surface area contributed by atoms with Crippen LogP contribution in [-0.4, -0.2) is 14.9 Å². The molecule has 1 aromatic carbocycles. The predicted molar refractivity (Wildman–Crippen MR) is 53.7 cm³/mol. The number of aliphatic hydroxyl groups excluding tert-OH is 1. The van der Waals surface area contributed by atoms with Gasteiger partial charge < -0.3 is 5.11 Å². The van der Waals surface area contributed by atoms with E-state index in [1.165, 1.54) is 0 Å². The number of aryl methyl sites for hydroxylation is 1. The van der Waals surface area contributed by atoms with Gasteiger partial charge in [-0.05, 0) is 11.6 Å². The van der Waals surface area contributed by atoms with Crippen LogP contribution in [0.5, 0.6) is 0 Å². The first kappa shape index (κ1) is 8.97. The van der Waals surface area contributed by atoms with Crippen LogP contribution in [0, 0.1) is 0 Å². The topological polar surface area (TPSA) is 38.0 Å². The first-order valence-corrected chi connectivity index (χ1v) is 4.50. The van der Waals surface area contributed by atoms with Gasteiger partial charge in [0.1, 0.15) is 6.10 Å². The monoisotopic (exact) mass is 188 g/mol. The number of aromatic nitrogens is 2. The molecule has 14 heavy (non-hydrogen) atoms. The summed E-state index contributed by atoms with van der Waals surface area (Å²) in [7, 11) is 1.83. The lowest BCUT2D eigenvalue weighted by Crippen LogP contribution is -2.01. The standard InChI is InChI=1S/C11H12N2O/c1-13-8-7-10(12-13)11(14)9-5-3-2-4-6-9/h2-8,11,14H,1H3. The molecule has 72 valence electrons. The molecule has 1 N–H and O–H groups in total. The summed E-state index contributed by atoms with van der Waals surface area (Å²) in [5.41, 5.74) is 1.55. The normalized spacial score (nSPS) is 12.7. The molecule has 0 saturated carbocycles. The quantitative estimate of drug-likeness (QED) is 0.775. The van der Waals surface area contributed by atoms with E-state index in [1.54, 1.807) is 4.68 Å². The van der Waals surface area contributed by atoms with E-state index in [-0.39, 0.29) is 0 Å². The van der Waals surface area contributed by atoms with Crippen molar-refractivity contribution in [3.8, 4) is 0 Å². The molecule has 0 fully saturated rings. The number of hydrogen-bond donors (Lipinski definition) is 1. The Morgan fingerprint density at radius 2 is 1.93 bits per heavy atom. The fourth-order valence-electron chi connectivity index (χ4n) is 1.38. The van der Waals surface area contributed by atoms with Gasteiger partial charge in [0.2, 0.25) is 0 Å². The van der Waals surface area contributed by atoms with Crippen molar-refractivity contribution in [1.82, 2.24) is 9.78 Å². The lowest BCUT2D eigenvalue weighted by molar-refractivity contribution is 0.214. The SMILES string of the molecule is Cn1ccc(C(O)c2ccccc2)n1. The molecule has 0 bridgehead atoms. The number of hydrogen-bond acceptors (Lipinski definition) is 2. The van der Waals surface area contributed by atoms with E-state index in [4.69, 9.17) is 0 Å². The first-order chi connectivity index (χ1) is 6.77. The minimum Gasteiger partial charge on any atom is -0.382 e. The second kappa shape index (κ2) is 3.64. The van der Waals surface area contributed by atoms with E-state index in [1.807, 2.05) is 49.6 Å². The Hall–Kier alpha value is -1.61. The molecule has 0 aliphatic heterocycles. The Kier molecular flexibility index (Phi) is 2.33. The zero-order valence-electron chi connectivity index (χ0n) is 7.96. The minimum atomic E-state index is -0.627. The number of aliphatic hydroxyl groups is 1. The molecule has 0 amide bonds. The summed E-state index contributed by atoms with van der Waals surface area (Å²) in [4.78, 5) is 0. The van der Waals surface area contributed by atoms with Crippen molar-refractivity contribution in [3.05, 3.63) is 53.9 Å². The lowest BCUT2D eigenvalue weighted by Gasteiger charge is -2.06. The molecule has 0 spiro atoms. The minimum absolute atomic E-state index is 0.627. The summed E-state index contributed by atoms with van der Waals surface area (Å²) < 4.78 is 1.68. The third-order valence-corrected chi connectivity index (χ3v) is 2.13. The molecule has 0 aliphatic rings. The Balaban J connectivity index is 2.29. The van der Waals surface area contributed by atoms with Crippen LogP contribution < -0.4 is 0 Å². The van der Waals surface area contributed by atoms with Crippen LogP contribution in [0.25, 0.3) is 0 Å². The van der Waals surface area contributed by atoms with Gasteiger partial charge in [-0.2, -0.15) is 5.10 Å². The van der Waals surface area contributed by atoms with Crippen molar-refractivity contribution in [2.24, 2.45) is 7.05 Å². The van der Waals surface area contributed by atoms with Crippen LogP contribution >= 0.6 is 0 Å². The van der Waals surface area contributed by atoms with Crippen LogP contribution in [0.15, 0.2) is 42.6 Å². The summed E-state index contributed by atoms with van der Waals surface area (Å²) in [5, 5.41) is 14.1. The summed E-state index contributed by atoms with van der Waals surface area (Å²) in [6.07, 6.45) is 1.19. The summed E-state index contributed by atoms with van der Waals surface area (Å²) in [6, 6.07) is 11.3. The molecule has 1 unspecified atom stereocenters. The van der Waals surface area contributed by atoms with E-state index in [0.717, 1.165) is 5.56 Å². The first-order valence-electron chi connectivity index (χ1n) is 4.50. The predicted octanol–water partition coefficient (Wildman–Crippen LogP) is 1.50.